The number of aromatic nitrogens is 2. The molecule has 5 nitrogen and oxygen atoms in total. The summed E-state index contributed by atoms with van der Waals surface area (Å²) < 4.78 is 5.71. The van der Waals surface area contributed by atoms with Crippen LogP contribution in [-0.4, -0.2) is 36.5 Å². The van der Waals surface area contributed by atoms with Crippen molar-refractivity contribution < 1.29 is 4.74 Å². The van der Waals surface area contributed by atoms with E-state index < -0.39 is 0 Å². The monoisotopic (exact) mass is 236 g/mol. The largest absolute Gasteiger partial charge is 0.376 e. The summed E-state index contributed by atoms with van der Waals surface area (Å²) in [4.78, 5) is 2.09. The summed E-state index contributed by atoms with van der Waals surface area (Å²) in [5.74, 6) is 0.872. The zero-order chi connectivity index (χ0) is 12.1. The molecule has 0 aromatic carbocycles. The van der Waals surface area contributed by atoms with Crippen LogP contribution in [0.3, 0.4) is 0 Å². The van der Waals surface area contributed by atoms with Crippen LogP contribution in [0.25, 0.3) is 0 Å². The standard InChI is InChI=1S/C12H20N4O/c1-16(9-11-4-2-3-7-17-11)12-6-5-10(8-13)14-15-12/h5-6,11H,2-4,7-9,13H2,1H3. The fourth-order valence-corrected chi connectivity index (χ4v) is 2.02. The summed E-state index contributed by atoms with van der Waals surface area (Å²) in [7, 11) is 2.02. The minimum atomic E-state index is 0.324. The van der Waals surface area contributed by atoms with E-state index in [2.05, 4.69) is 15.1 Å². The predicted molar refractivity (Wildman–Crippen MR) is 66.8 cm³/mol. The number of nitrogens with zero attached hydrogens (tertiary/aromatic N) is 3. The maximum absolute atomic E-state index is 5.71. The summed E-state index contributed by atoms with van der Waals surface area (Å²) in [6, 6.07) is 3.87. The van der Waals surface area contributed by atoms with Crippen LogP contribution in [0, 0.1) is 0 Å². The van der Waals surface area contributed by atoms with Gasteiger partial charge in [-0.1, -0.05) is 0 Å². The molecule has 94 valence electrons. The van der Waals surface area contributed by atoms with E-state index >= 15 is 0 Å². The van der Waals surface area contributed by atoms with Crippen molar-refractivity contribution >= 4 is 5.82 Å². The molecule has 0 spiro atoms. The van der Waals surface area contributed by atoms with Gasteiger partial charge in [0, 0.05) is 26.7 Å². The van der Waals surface area contributed by atoms with Gasteiger partial charge in [0.15, 0.2) is 5.82 Å². The van der Waals surface area contributed by atoms with E-state index in [9.17, 15) is 0 Å². The zero-order valence-electron chi connectivity index (χ0n) is 10.3. The lowest BCUT2D eigenvalue weighted by Crippen LogP contribution is -2.33. The quantitative estimate of drug-likeness (QED) is 0.843. The zero-order valence-corrected chi connectivity index (χ0v) is 10.3. The summed E-state index contributed by atoms with van der Waals surface area (Å²) in [6.45, 7) is 2.19. The van der Waals surface area contributed by atoms with Gasteiger partial charge in [0.25, 0.3) is 0 Å². The Labute approximate surface area is 102 Å². The molecular formula is C12H20N4O. The molecule has 2 heterocycles. The fourth-order valence-electron chi connectivity index (χ4n) is 2.02. The molecule has 1 unspecified atom stereocenters. The number of hydrogen-bond acceptors (Lipinski definition) is 5. The highest BCUT2D eigenvalue weighted by Crippen LogP contribution is 2.16. The van der Waals surface area contributed by atoms with Crippen molar-refractivity contribution in [3.05, 3.63) is 17.8 Å². The minimum Gasteiger partial charge on any atom is -0.376 e. The van der Waals surface area contributed by atoms with Crippen LogP contribution in [0.15, 0.2) is 12.1 Å². The first-order valence-corrected chi connectivity index (χ1v) is 6.15. The van der Waals surface area contributed by atoms with Gasteiger partial charge in [0.05, 0.1) is 11.8 Å². The lowest BCUT2D eigenvalue weighted by Gasteiger charge is -2.27. The molecule has 0 radical (unpaired) electrons. The summed E-state index contributed by atoms with van der Waals surface area (Å²) in [6.07, 6.45) is 3.91. The minimum absolute atomic E-state index is 0.324. The average molecular weight is 236 g/mol. The highest BCUT2D eigenvalue weighted by Gasteiger charge is 2.16. The SMILES string of the molecule is CN(CC1CCCCO1)c1ccc(CN)nn1. The molecule has 2 rings (SSSR count). The summed E-state index contributed by atoms with van der Waals surface area (Å²) >= 11 is 0. The third-order valence-corrected chi connectivity index (χ3v) is 3.06. The second kappa shape index (κ2) is 5.93. The lowest BCUT2D eigenvalue weighted by molar-refractivity contribution is 0.0215. The molecule has 0 amide bonds. The van der Waals surface area contributed by atoms with Crippen molar-refractivity contribution in [1.29, 1.82) is 0 Å². The van der Waals surface area contributed by atoms with Crippen molar-refractivity contribution in [3.8, 4) is 0 Å². The van der Waals surface area contributed by atoms with Crippen LogP contribution >= 0.6 is 0 Å². The molecule has 0 saturated carbocycles. The smallest absolute Gasteiger partial charge is 0.151 e. The van der Waals surface area contributed by atoms with Crippen molar-refractivity contribution in [2.75, 3.05) is 25.1 Å². The van der Waals surface area contributed by atoms with Crippen LogP contribution in [0.5, 0.6) is 0 Å². The Balaban J connectivity index is 1.91. The molecule has 1 aliphatic rings. The van der Waals surface area contributed by atoms with Crippen LogP contribution < -0.4 is 10.6 Å². The Morgan fingerprint density at radius 1 is 1.41 bits per heavy atom. The Kier molecular flexibility index (Phi) is 4.28. The van der Waals surface area contributed by atoms with E-state index in [1.54, 1.807) is 0 Å². The van der Waals surface area contributed by atoms with Gasteiger partial charge in [-0.15, -0.1) is 5.10 Å². The lowest BCUT2D eigenvalue weighted by atomic mass is 10.1. The number of ether oxygens (including phenoxy) is 1. The molecule has 17 heavy (non-hydrogen) atoms. The number of likely N-dealkylation sites (N-methyl/N-ethyl adjacent to an activating group) is 1. The van der Waals surface area contributed by atoms with Crippen molar-refractivity contribution in [2.45, 2.75) is 31.9 Å². The molecule has 2 N–H and O–H groups in total. The Morgan fingerprint density at radius 2 is 2.29 bits per heavy atom. The molecule has 5 heteroatoms. The van der Waals surface area contributed by atoms with Crippen LogP contribution in [0.2, 0.25) is 0 Å². The molecule has 1 aromatic heterocycles. The molecule has 1 atom stereocenters. The molecule has 1 aliphatic heterocycles. The predicted octanol–water partition coefficient (Wildman–Crippen LogP) is 0.941. The highest BCUT2D eigenvalue weighted by atomic mass is 16.5. The van der Waals surface area contributed by atoms with Gasteiger partial charge in [0.1, 0.15) is 0 Å². The molecule has 0 bridgehead atoms. The molecule has 1 fully saturated rings. The van der Waals surface area contributed by atoms with Gasteiger partial charge < -0.3 is 15.4 Å². The van der Waals surface area contributed by atoms with E-state index in [0.29, 0.717) is 12.6 Å². The topological polar surface area (TPSA) is 64.3 Å². The van der Waals surface area contributed by atoms with Crippen LogP contribution in [0.1, 0.15) is 25.0 Å². The third-order valence-electron chi connectivity index (χ3n) is 3.06. The summed E-state index contributed by atoms with van der Waals surface area (Å²) in [5.41, 5.74) is 6.31. The second-order valence-electron chi connectivity index (χ2n) is 4.46. The average Bonchev–Trinajstić information content (AvgIpc) is 2.40. The Bertz CT molecular complexity index is 335. The van der Waals surface area contributed by atoms with E-state index in [-0.39, 0.29) is 0 Å². The van der Waals surface area contributed by atoms with Crippen molar-refractivity contribution in [3.63, 3.8) is 0 Å². The van der Waals surface area contributed by atoms with Gasteiger partial charge in [-0.25, -0.2) is 0 Å². The van der Waals surface area contributed by atoms with Crippen molar-refractivity contribution in [2.24, 2.45) is 5.73 Å². The molecular weight excluding hydrogens is 216 g/mol. The first kappa shape index (κ1) is 12.3. The Hall–Kier alpha value is -1.20. The van der Waals surface area contributed by atoms with Gasteiger partial charge in [0.2, 0.25) is 0 Å². The van der Waals surface area contributed by atoms with E-state index in [1.165, 1.54) is 12.8 Å². The second-order valence-corrected chi connectivity index (χ2v) is 4.46. The van der Waals surface area contributed by atoms with Crippen LogP contribution in [-0.2, 0) is 11.3 Å². The van der Waals surface area contributed by atoms with E-state index in [4.69, 9.17) is 10.5 Å². The molecule has 0 aliphatic carbocycles. The van der Waals surface area contributed by atoms with Gasteiger partial charge in [-0.2, -0.15) is 5.10 Å². The van der Waals surface area contributed by atoms with E-state index in [1.807, 2.05) is 19.2 Å². The Morgan fingerprint density at radius 3 is 2.88 bits per heavy atom. The van der Waals surface area contributed by atoms with E-state index in [0.717, 1.165) is 31.1 Å². The van der Waals surface area contributed by atoms with Gasteiger partial charge in [-0.3, -0.25) is 0 Å². The molecule has 1 aromatic rings. The normalized spacial score (nSPS) is 20.2. The first-order chi connectivity index (χ1) is 8.29. The first-order valence-electron chi connectivity index (χ1n) is 6.15. The highest BCUT2D eigenvalue weighted by molar-refractivity contribution is 5.36. The van der Waals surface area contributed by atoms with Gasteiger partial charge >= 0.3 is 0 Å². The number of anilines is 1. The summed E-state index contributed by atoms with van der Waals surface area (Å²) in [5, 5.41) is 8.21. The fraction of sp³-hybridized carbons (Fsp3) is 0.667. The molecule has 1 saturated heterocycles. The number of hydrogen-bond donors (Lipinski definition) is 1. The maximum atomic E-state index is 5.71. The number of nitrogens with two attached hydrogens (primary N) is 1. The van der Waals surface area contributed by atoms with Crippen LogP contribution in [0.4, 0.5) is 5.82 Å². The third kappa shape index (κ3) is 3.38. The maximum Gasteiger partial charge on any atom is 0.151 e. The van der Waals surface area contributed by atoms with Gasteiger partial charge in [-0.05, 0) is 31.4 Å². The number of rotatable bonds is 4. The van der Waals surface area contributed by atoms with Crippen molar-refractivity contribution in [1.82, 2.24) is 10.2 Å².